The molecule has 6 N–H and O–H groups in total. The molecule has 0 aliphatic rings. The first-order valence-electron chi connectivity index (χ1n) is 13.5. The number of rotatable bonds is 15. The predicted molar refractivity (Wildman–Crippen MR) is 150 cm³/mol. The van der Waals surface area contributed by atoms with Crippen LogP contribution in [0.2, 0.25) is 0 Å². The van der Waals surface area contributed by atoms with Crippen molar-refractivity contribution < 1.29 is 34.5 Å². The minimum Gasteiger partial charge on any atom is -0.478 e. The molecule has 0 aromatic heterocycles. The second-order valence-electron chi connectivity index (χ2n) is 10.7. The van der Waals surface area contributed by atoms with Gasteiger partial charge in [0.25, 0.3) is 0 Å². The van der Waals surface area contributed by atoms with Gasteiger partial charge in [-0.1, -0.05) is 70.2 Å². The molecule has 0 unspecified atom stereocenters. The second kappa shape index (κ2) is 15.7. The van der Waals surface area contributed by atoms with Crippen molar-refractivity contribution in [2.45, 2.75) is 77.8 Å². The number of nitrogens with one attached hydrogen (secondary N) is 3. The number of carboxylic acid groups (broad SMARTS) is 1. The summed E-state index contributed by atoms with van der Waals surface area (Å²) >= 11 is 0. The monoisotopic (exact) mass is 555 g/mol. The van der Waals surface area contributed by atoms with Gasteiger partial charge in [-0.05, 0) is 41.5 Å². The number of carboxylic acids is 1. The summed E-state index contributed by atoms with van der Waals surface area (Å²) < 4.78 is 0. The van der Waals surface area contributed by atoms with Crippen LogP contribution in [0.15, 0.2) is 54.6 Å². The Balaban J connectivity index is 1.96. The topological polar surface area (TPSA) is 165 Å². The minimum atomic E-state index is -1.31. The van der Waals surface area contributed by atoms with E-state index < -0.39 is 48.0 Å². The van der Waals surface area contributed by atoms with Crippen LogP contribution in [0.1, 0.15) is 62.0 Å². The molecule has 0 radical (unpaired) electrons. The lowest BCUT2D eigenvalue weighted by atomic mass is 9.96. The van der Waals surface area contributed by atoms with Gasteiger partial charge in [-0.3, -0.25) is 14.4 Å². The summed E-state index contributed by atoms with van der Waals surface area (Å²) in [5, 5.41) is 38.4. The van der Waals surface area contributed by atoms with Crippen LogP contribution in [0.3, 0.4) is 0 Å². The highest BCUT2D eigenvalue weighted by Gasteiger charge is 2.29. The van der Waals surface area contributed by atoms with E-state index in [0.717, 1.165) is 5.56 Å². The Bertz CT molecular complexity index is 1120. The first-order chi connectivity index (χ1) is 18.9. The largest absolute Gasteiger partial charge is 0.478 e. The lowest BCUT2D eigenvalue weighted by molar-refractivity contribution is -0.133. The standard InChI is InChI=1S/C30H41N3O7/c1-18(2)14-23(32-28(37)25(35)15-20-8-6-5-7-9-20)24(34)16-26(36)33-27(19(3)4)29(38)31-17-21-10-12-22(13-11-21)30(39)40/h5-13,18-19,23-25,27,34-35H,14-17H2,1-4H3,(H,31,38)(H,32,37)(H,33,36)(H,39,40)/t23-,24+,25-,27-/m0/s1. The van der Waals surface area contributed by atoms with Gasteiger partial charge in [0.1, 0.15) is 12.1 Å². The quantitative estimate of drug-likeness (QED) is 0.196. The number of aliphatic hydroxyl groups is 2. The zero-order valence-corrected chi connectivity index (χ0v) is 23.5. The molecular weight excluding hydrogens is 514 g/mol. The summed E-state index contributed by atoms with van der Waals surface area (Å²) in [5.41, 5.74) is 1.63. The van der Waals surface area contributed by atoms with Crippen LogP contribution in [-0.2, 0) is 27.3 Å². The highest BCUT2D eigenvalue weighted by Crippen LogP contribution is 2.13. The highest BCUT2D eigenvalue weighted by atomic mass is 16.4. The van der Waals surface area contributed by atoms with Crippen molar-refractivity contribution in [2.24, 2.45) is 11.8 Å². The number of hydrogen-bond donors (Lipinski definition) is 6. The zero-order chi connectivity index (χ0) is 29.8. The minimum absolute atomic E-state index is 0.0908. The van der Waals surface area contributed by atoms with Crippen LogP contribution in [-0.4, -0.2) is 63.3 Å². The molecule has 10 heteroatoms. The molecule has 10 nitrogen and oxygen atoms in total. The zero-order valence-electron chi connectivity index (χ0n) is 23.5. The number of amides is 3. The van der Waals surface area contributed by atoms with E-state index in [0.29, 0.717) is 12.0 Å². The van der Waals surface area contributed by atoms with Crippen molar-refractivity contribution in [2.75, 3.05) is 0 Å². The maximum absolute atomic E-state index is 12.8. The fourth-order valence-corrected chi connectivity index (χ4v) is 4.19. The SMILES string of the molecule is CC(C)C[C@H](NC(=O)[C@@H](O)Cc1ccccc1)[C@H](O)CC(=O)N[C@H](C(=O)NCc1ccc(C(=O)O)cc1)C(C)C. The molecule has 0 aliphatic carbocycles. The Labute approximate surface area is 235 Å². The van der Waals surface area contributed by atoms with Crippen LogP contribution in [0.5, 0.6) is 0 Å². The van der Waals surface area contributed by atoms with Crippen molar-refractivity contribution in [1.29, 1.82) is 0 Å². The fourth-order valence-electron chi connectivity index (χ4n) is 4.19. The number of aliphatic hydroxyl groups excluding tert-OH is 2. The van der Waals surface area contributed by atoms with Crippen molar-refractivity contribution in [3.63, 3.8) is 0 Å². The Hall–Kier alpha value is -3.76. The first-order valence-corrected chi connectivity index (χ1v) is 13.5. The molecule has 2 rings (SSSR count). The van der Waals surface area contributed by atoms with E-state index in [4.69, 9.17) is 5.11 Å². The second-order valence-corrected chi connectivity index (χ2v) is 10.7. The smallest absolute Gasteiger partial charge is 0.335 e. The van der Waals surface area contributed by atoms with E-state index in [9.17, 15) is 29.4 Å². The van der Waals surface area contributed by atoms with E-state index in [1.54, 1.807) is 38.1 Å². The summed E-state index contributed by atoms with van der Waals surface area (Å²) in [7, 11) is 0. The van der Waals surface area contributed by atoms with Crippen molar-refractivity contribution >= 4 is 23.7 Å². The first kappa shape index (κ1) is 32.5. The third kappa shape index (κ3) is 10.8. The van der Waals surface area contributed by atoms with Gasteiger partial charge in [0.05, 0.1) is 24.1 Å². The molecule has 0 fully saturated rings. The normalized spacial score (nSPS) is 14.2. The Morgan fingerprint density at radius 2 is 1.43 bits per heavy atom. The number of carbonyl (C=O) groups excluding carboxylic acids is 3. The van der Waals surface area contributed by atoms with E-state index in [1.165, 1.54) is 12.1 Å². The van der Waals surface area contributed by atoms with E-state index in [1.807, 2.05) is 32.0 Å². The highest BCUT2D eigenvalue weighted by molar-refractivity contribution is 5.88. The molecule has 3 amide bonds. The van der Waals surface area contributed by atoms with Crippen LogP contribution < -0.4 is 16.0 Å². The summed E-state index contributed by atoms with van der Waals surface area (Å²) in [5.74, 6) is -2.82. The van der Waals surface area contributed by atoms with Gasteiger partial charge in [-0.25, -0.2) is 4.79 Å². The molecule has 2 aromatic rings. The third-order valence-corrected chi connectivity index (χ3v) is 6.42. The van der Waals surface area contributed by atoms with Gasteiger partial charge in [-0.2, -0.15) is 0 Å². The summed E-state index contributed by atoms with van der Waals surface area (Å²) in [6.07, 6.45) is -2.40. The van der Waals surface area contributed by atoms with E-state index in [2.05, 4.69) is 16.0 Å². The van der Waals surface area contributed by atoms with Crippen molar-refractivity contribution in [1.82, 2.24) is 16.0 Å². The van der Waals surface area contributed by atoms with Gasteiger partial charge >= 0.3 is 5.97 Å². The summed E-state index contributed by atoms with van der Waals surface area (Å²) in [6, 6.07) is 13.5. The molecule has 0 heterocycles. The molecule has 2 aromatic carbocycles. The van der Waals surface area contributed by atoms with Gasteiger partial charge < -0.3 is 31.3 Å². The Kier molecular flexibility index (Phi) is 12.8. The lowest BCUT2D eigenvalue weighted by Gasteiger charge is -2.28. The Morgan fingerprint density at radius 3 is 1.98 bits per heavy atom. The van der Waals surface area contributed by atoms with Crippen LogP contribution in [0.25, 0.3) is 0 Å². The molecule has 0 aliphatic heterocycles. The van der Waals surface area contributed by atoms with Gasteiger partial charge in [-0.15, -0.1) is 0 Å². The van der Waals surface area contributed by atoms with Crippen LogP contribution in [0.4, 0.5) is 0 Å². The van der Waals surface area contributed by atoms with Gasteiger partial charge in [0.15, 0.2) is 0 Å². The molecule has 218 valence electrons. The van der Waals surface area contributed by atoms with Crippen LogP contribution >= 0.6 is 0 Å². The number of benzene rings is 2. The van der Waals surface area contributed by atoms with Crippen molar-refractivity contribution in [3.8, 4) is 0 Å². The average Bonchev–Trinajstić information content (AvgIpc) is 2.90. The van der Waals surface area contributed by atoms with E-state index >= 15 is 0 Å². The number of aromatic carboxylic acids is 1. The maximum Gasteiger partial charge on any atom is 0.335 e. The summed E-state index contributed by atoms with van der Waals surface area (Å²) in [6.45, 7) is 7.53. The molecule has 0 saturated carbocycles. The number of hydrogen-bond acceptors (Lipinski definition) is 6. The molecule has 0 bridgehead atoms. The molecular formula is C30H41N3O7. The molecule has 0 saturated heterocycles. The predicted octanol–water partition coefficient (Wildman–Crippen LogP) is 2.03. The average molecular weight is 556 g/mol. The van der Waals surface area contributed by atoms with Gasteiger partial charge in [0.2, 0.25) is 17.7 Å². The lowest BCUT2D eigenvalue weighted by Crippen LogP contribution is -2.52. The Morgan fingerprint density at radius 1 is 0.800 bits per heavy atom. The van der Waals surface area contributed by atoms with Crippen molar-refractivity contribution in [3.05, 3.63) is 71.3 Å². The fraction of sp³-hybridized carbons (Fsp3) is 0.467. The van der Waals surface area contributed by atoms with E-state index in [-0.39, 0.29) is 36.8 Å². The molecule has 0 spiro atoms. The van der Waals surface area contributed by atoms with Crippen LogP contribution in [0, 0.1) is 11.8 Å². The molecule has 40 heavy (non-hydrogen) atoms. The van der Waals surface area contributed by atoms with Gasteiger partial charge in [0, 0.05) is 13.0 Å². The number of carbonyl (C=O) groups is 4. The summed E-state index contributed by atoms with van der Waals surface area (Å²) in [4.78, 5) is 49.3. The third-order valence-electron chi connectivity index (χ3n) is 6.42. The maximum atomic E-state index is 12.8. The molecule has 4 atom stereocenters.